The first kappa shape index (κ1) is 17.8. The predicted molar refractivity (Wildman–Crippen MR) is 100 cm³/mol. The topological polar surface area (TPSA) is 43.4 Å². The molecule has 0 heterocycles. The van der Waals surface area contributed by atoms with Crippen molar-refractivity contribution in [3.05, 3.63) is 11.6 Å². The Kier molecular flexibility index (Phi) is 4.41. The molecule has 25 heavy (non-hydrogen) atoms. The fourth-order valence-corrected chi connectivity index (χ4v) is 7.98. The average molecular weight is 409 g/mol. The zero-order chi connectivity index (χ0) is 17.8. The zero-order valence-corrected chi connectivity index (χ0v) is 16.9. The zero-order valence-electron chi connectivity index (χ0n) is 15.4. The van der Waals surface area contributed by atoms with Crippen LogP contribution in [0.5, 0.6) is 0 Å². The van der Waals surface area contributed by atoms with Crippen LogP contribution in [0, 0.1) is 28.6 Å². The van der Waals surface area contributed by atoms with Gasteiger partial charge in [0.2, 0.25) is 0 Å². The van der Waals surface area contributed by atoms with Gasteiger partial charge in [-0.15, -0.1) is 0 Å². The van der Waals surface area contributed by atoms with Crippen LogP contribution in [-0.4, -0.2) is 16.8 Å². The number of fused-ring (bicyclic) bond motifs is 5. The number of esters is 1. The number of halogens is 1. The van der Waals surface area contributed by atoms with Crippen molar-refractivity contribution in [3.63, 3.8) is 0 Å². The second kappa shape index (κ2) is 6.21. The number of alkyl halides is 1. The van der Waals surface area contributed by atoms with Crippen molar-refractivity contribution < 1.29 is 14.3 Å². The first-order valence-corrected chi connectivity index (χ1v) is 10.8. The molecule has 0 aromatic heterocycles. The summed E-state index contributed by atoms with van der Waals surface area (Å²) in [6.45, 7) is 3.93. The molecule has 0 saturated heterocycles. The highest BCUT2D eigenvalue weighted by Crippen LogP contribution is 2.67. The number of allylic oxidation sites excluding steroid dienone is 1. The first-order chi connectivity index (χ1) is 11.9. The van der Waals surface area contributed by atoms with E-state index < -0.39 is 0 Å². The number of rotatable bonds is 2. The number of ether oxygens (including phenoxy) is 1. The summed E-state index contributed by atoms with van der Waals surface area (Å²) in [4.78, 5) is 23.5. The van der Waals surface area contributed by atoms with Gasteiger partial charge in [0, 0.05) is 18.8 Å². The van der Waals surface area contributed by atoms with Crippen molar-refractivity contribution in [3.8, 4) is 0 Å². The van der Waals surface area contributed by atoms with Gasteiger partial charge in [-0.3, -0.25) is 9.59 Å². The Bertz CT molecular complexity index is 627. The molecule has 4 aliphatic rings. The van der Waals surface area contributed by atoms with Gasteiger partial charge in [0.1, 0.15) is 0 Å². The molecule has 0 spiro atoms. The molecule has 0 aliphatic heterocycles. The molecule has 3 fully saturated rings. The lowest BCUT2D eigenvalue weighted by molar-refractivity contribution is -0.153. The Morgan fingerprint density at radius 3 is 2.76 bits per heavy atom. The highest BCUT2D eigenvalue weighted by atomic mass is 79.9. The molecule has 6 atom stereocenters. The Hall–Kier alpha value is -0.640. The lowest BCUT2D eigenvalue weighted by Gasteiger charge is -2.58. The fraction of sp³-hybridized carbons (Fsp3) is 0.810. The van der Waals surface area contributed by atoms with Crippen LogP contribution in [0.1, 0.15) is 71.6 Å². The Morgan fingerprint density at radius 1 is 1.20 bits per heavy atom. The SMILES string of the molecule is CC(=O)OC(Br)[C@@]12CCC[C@H]1[C@@H]1CCC3=CC(=O)CC[C@]3(C)[C@H]1CC2. The predicted octanol–water partition coefficient (Wildman–Crippen LogP) is 5.17. The third-order valence-electron chi connectivity index (χ3n) is 8.10. The largest absolute Gasteiger partial charge is 0.450 e. The molecular weight excluding hydrogens is 380 g/mol. The molecule has 3 saturated carbocycles. The maximum atomic E-state index is 11.9. The van der Waals surface area contributed by atoms with Gasteiger partial charge in [-0.2, -0.15) is 0 Å². The molecule has 0 N–H and O–H groups in total. The molecule has 3 nitrogen and oxygen atoms in total. The van der Waals surface area contributed by atoms with Gasteiger partial charge in [0.15, 0.2) is 10.8 Å². The van der Waals surface area contributed by atoms with Gasteiger partial charge in [-0.1, -0.05) is 18.9 Å². The number of ketones is 1. The number of hydrogen-bond donors (Lipinski definition) is 0. The fourth-order valence-electron chi connectivity index (χ4n) is 6.92. The number of carbonyl (C=O) groups excluding carboxylic acids is 2. The molecule has 4 rings (SSSR count). The van der Waals surface area contributed by atoms with Gasteiger partial charge in [-0.25, -0.2) is 0 Å². The van der Waals surface area contributed by atoms with Gasteiger partial charge < -0.3 is 4.74 Å². The molecule has 1 unspecified atom stereocenters. The van der Waals surface area contributed by atoms with E-state index >= 15 is 0 Å². The van der Waals surface area contributed by atoms with Crippen LogP contribution in [-0.2, 0) is 14.3 Å². The minimum Gasteiger partial charge on any atom is -0.450 e. The standard InChI is InChI=1S/C21H29BrO3/c1-13(23)25-19(22)21-9-3-4-18(21)16-6-5-14-12-15(24)7-10-20(14,2)17(16)8-11-21/h12,16-19H,3-11H2,1-2H3/t16-,17+,18+,19?,20+,21-/m1/s1. The van der Waals surface area contributed by atoms with E-state index in [2.05, 4.69) is 22.9 Å². The second-order valence-corrected chi connectivity index (χ2v) is 9.89. The summed E-state index contributed by atoms with van der Waals surface area (Å²) in [5, 5.41) is -0.149. The van der Waals surface area contributed by atoms with E-state index in [0.717, 1.165) is 19.3 Å². The summed E-state index contributed by atoms with van der Waals surface area (Å²) in [6.07, 6.45) is 12.0. The Morgan fingerprint density at radius 2 is 2.00 bits per heavy atom. The van der Waals surface area contributed by atoms with Crippen molar-refractivity contribution >= 4 is 27.7 Å². The quantitative estimate of drug-likeness (QED) is 0.467. The highest BCUT2D eigenvalue weighted by molar-refractivity contribution is 9.09. The minimum atomic E-state index is -0.185. The molecule has 0 aromatic carbocycles. The van der Waals surface area contributed by atoms with Crippen molar-refractivity contribution in [2.24, 2.45) is 28.6 Å². The molecule has 4 heteroatoms. The van der Waals surface area contributed by atoms with Crippen molar-refractivity contribution in [1.82, 2.24) is 0 Å². The van der Waals surface area contributed by atoms with Crippen LogP contribution in [0.4, 0.5) is 0 Å². The first-order valence-electron chi connectivity index (χ1n) is 9.92. The van der Waals surface area contributed by atoms with E-state index in [0.29, 0.717) is 30.0 Å². The van der Waals surface area contributed by atoms with Crippen molar-refractivity contribution in [2.75, 3.05) is 0 Å². The monoisotopic (exact) mass is 408 g/mol. The van der Waals surface area contributed by atoms with Gasteiger partial charge in [-0.05, 0) is 90.1 Å². The maximum absolute atomic E-state index is 11.9. The van der Waals surface area contributed by atoms with Crippen LogP contribution < -0.4 is 0 Å². The van der Waals surface area contributed by atoms with Crippen LogP contribution in [0.3, 0.4) is 0 Å². The molecule has 4 aliphatic carbocycles. The Labute approximate surface area is 159 Å². The lowest BCUT2D eigenvalue weighted by Crippen LogP contribution is -2.52. The normalized spacial score (nSPS) is 44.2. The molecule has 0 bridgehead atoms. The summed E-state index contributed by atoms with van der Waals surface area (Å²) in [5.74, 6) is 2.19. The summed E-state index contributed by atoms with van der Waals surface area (Å²) >= 11 is 3.75. The summed E-state index contributed by atoms with van der Waals surface area (Å²) < 4.78 is 5.64. The molecule has 138 valence electrons. The third kappa shape index (κ3) is 2.65. The van der Waals surface area contributed by atoms with Crippen molar-refractivity contribution in [1.29, 1.82) is 0 Å². The van der Waals surface area contributed by atoms with Crippen LogP contribution in [0.2, 0.25) is 0 Å². The van der Waals surface area contributed by atoms with E-state index in [4.69, 9.17) is 4.74 Å². The van der Waals surface area contributed by atoms with Crippen molar-refractivity contribution in [2.45, 2.75) is 76.6 Å². The smallest absolute Gasteiger partial charge is 0.303 e. The van der Waals surface area contributed by atoms with Crippen LogP contribution >= 0.6 is 15.9 Å². The Balaban J connectivity index is 1.64. The minimum absolute atomic E-state index is 0.120. The average Bonchev–Trinajstić information content (AvgIpc) is 3.00. The summed E-state index contributed by atoms with van der Waals surface area (Å²) in [5.41, 5.74) is 1.76. The maximum Gasteiger partial charge on any atom is 0.303 e. The molecular formula is C21H29BrO3. The van der Waals surface area contributed by atoms with Gasteiger partial charge >= 0.3 is 5.97 Å². The van der Waals surface area contributed by atoms with E-state index in [1.807, 2.05) is 6.08 Å². The van der Waals surface area contributed by atoms with E-state index in [1.165, 1.54) is 44.6 Å². The molecule has 0 amide bonds. The third-order valence-corrected chi connectivity index (χ3v) is 9.20. The van der Waals surface area contributed by atoms with E-state index in [1.54, 1.807) is 0 Å². The van der Waals surface area contributed by atoms with Gasteiger partial charge in [0.25, 0.3) is 0 Å². The number of hydrogen-bond acceptors (Lipinski definition) is 3. The summed E-state index contributed by atoms with van der Waals surface area (Å²) in [7, 11) is 0. The lowest BCUT2D eigenvalue weighted by atomic mass is 9.47. The highest BCUT2D eigenvalue weighted by Gasteiger charge is 2.60. The molecule has 0 radical (unpaired) electrons. The van der Waals surface area contributed by atoms with Crippen LogP contribution in [0.25, 0.3) is 0 Å². The van der Waals surface area contributed by atoms with Gasteiger partial charge in [0.05, 0.1) is 0 Å². The summed E-state index contributed by atoms with van der Waals surface area (Å²) in [6, 6.07) is 0. The van der Waals surface area contributed by atoms with Crippen LogP contribution in [0.15, 0.2) is 11.6 Å². The molecule has 0 aromatic rings. The van der Waals surface area contributed by atoms with E-state index in [-0.39, 0.29) is 21.8 Å². The van der Waals surface area contributed by atoms with E-state index in [9.17, 15) is 9.59 Å². The number of carbonyl (C=O) groups is 2. The second-order valence-electron chi connectivity index (χ2n) is 9.06.